The van der Waals surface area contributed by atoms with Crippen LogP contribution in [-0.2, 0) is 4.79 Å². The van der Waals surface area contributed by atoms with Crippen molar-refractivity contribution in [3.05, 3.63) is 59.6 Å². The molecule has 1 aliphatic rings. The van der Waals surface area contributed by atoms with Crippen LogP contribution in [0.2, 0.25) is 5.02 Å². The highest BCUT2D eigenvalue weighted by molar-refractivity contribution is 6.35. The number of fused-ring (bicyclic) bond motifs is 2. The number of phenolic OH excluding ortho intramolecular Hbond substituents is 1. The number of amides is 1. The summed E-state index contributed by atoms with van der Waals surface area (Å²) in [6.45, 7) is 3.17. The van der Waals surface area contributed by atoms with Crippen molar-refractivity contribution in [2.75, 3.05) is 37.6 Å². The fraction of sp³-hybridized carbons (Fsp3) is 0.240. The van der Waals surface area contributed by atoms with E-state index >= 15 is 4.39 Å². The molecule has 4 aromatic rings. The minimum absolute atomic E-state index is 0.0204. The predicted octanol–water partition coefficient (Wildman–Crippen LogP) is 3.97. The molecule has 10 heteroatoms. The molecule has 35 heavy (non-hydrogen) atoms. The van der Waals surface area contributed by atoms with Crippen LogP contribution >= 0.6 is 11.6 Å². The molecule has 2 heterocycles. The van der Waals surface area contributed by atoms with Crippen molar-refractivity contribution in [3.8, 4) is 16.9 Å². The van der Waals surface area contributed by atoms with E-state index in [0.29, 0.717) is 49.5 Å². The summed E-state index contributed by atoms with van der Waals surface area (Å²) in [4.78, 5) is 24.1. The highest BCUT2D eigenvalue weighted by Crippen LogP contribution is 2.41. The molecule has 3 aromatic carbocycles. The molecule has 0 spiro atoms. The summed E-state index contributed by atoms with van der Waals surface area (Å²) < 4.78 is 16.0. The van der Waals surface area contributed by atoms with Gasteiger partial charge in [0.05, 0.1) is 5.02 Å². The van der Waals surface area contributed by atoms with E-state index in [1.54, 1.807) is 17.6 Å². The second kappa shape index (κ2) is 9.61. The number of benzene rings is 3. The Labute approximate surface area is 205 Å². The Morgan fingerprint density at radius 3 is 2.63 bits per heavy atom. The van der Waals surface area contributed by atoms with E-state index in [-0.39, 0.29) is 28.3 Å². The van der Waals surface area contributed by atoms with Crippen molar-refractivity contribution in [3.63, 3.8) is 0 Å². The molecule has 1 aromatic heterocycles. The molecular formula is C25H23ClFN5O3. The smallest absolute Gasteiger partial charge is 0.244 e. The van der Waals surface area contributed by atoms with Crippen molar-refractivity contribution >= 4 is 45.0 Å². The maximum atomic E-state index is 16.0. The number of anilines is 1. The SMILES string of the molecule is O=C(CCN1CCN(c2ncnc3c(F)c(-c4cc(O)cc5ccccc45)c(Cl)cc23)CC1)NO. The zero-order valence-electron chi connectivity index (χ0n) is 18.7. The van der Waals surface area contributed by atoms with Gasteiger partial charge >= 0.3 is 0 Å². The number of aromatic hydroxyl groups is 1. The van der Waals surface area contributed by atoms with Crippen LogP contribution in [-0.4, -0.2) is 63.8 Å². The first-order valence-electron chi connectivity index (χ1n) is 11.2. The maximum absolute atomic E-state index is 16.0. The van der Waals surface area contributed by atoms with Crippen LogP contribution in [0, 0.1) is 5.82 Å². The Morgan fingerprint density at radius 1 is 1.09 bits per heavy atom. The van der Waals surface area contributed by atoms with Gasteiger partial charge in [-0.05, 0) is 34.5 Å². The Balaban J connectivity index is 1.50. The fourth-order valence-electron chi connectivity index (χ4n) is 4.62. The van der Waals surface area contributed by atoms with E-state index in [4.69, 9.17) is 16.8 Å². The first-order valence-corrected chi connectivity index (χ1v) is 11.6. The number of nitrogens with zero attached hydrogens (tertiary/aromatic N) is 4. The average molecular weight is 496 g/mol. The van der Waals surface area contributed by atoms with Crippen molar-refractivity contribution < 1.29 is 19.5 Å². The number of phenols is 1. The topological polar surface area (TPSA) is 102 Å². The number of hydroxylamine groups is 1. The van der Waals surface area contributed by atoms with Gasteiger partial charge in [-0.2, -0.15) is 0 Å². The zero-order chi connectivity index (χ0) is 24.5. The third-order valence-corrected chi connectivity index (χ3v) is 6.67. The van der Waals surface area contributed by atoms with E-state index in [0.717, 1.165) is 10.8 Å². The van der Waals surface area contributed by atoms with Crippen molar-refractivity contribution in [1.29, 1.82) is 0 Å². The summed E-state index contributed by atoms with van der Waals surface area (Å²) in [5.74, 6) is -0.377. The highest BCUT2D eigenvalue weighted by atomic mass is 35.5. The molecule has 0 saturated carbocycles. The Bertz CT molecular complexity index is 1430. The lowest BCUT2D eigenvalue weighted by Crippen LogP contribution is -2.47. The van der Waals surface area contributed by atoms with Gasteiger partial charge in [-0.3, -0.25) is 14.9 Å². The average Bonchev–Trinajstić information content (AvgIpc) is 2.87. The van der Waals surface area contributed by atoms with Crippen LogP contribution < -0.4 is 10.4 Å². The third kappa shape index (κ3) is 4.45. The van der Waals surface area contributed by atoms with Crippen LogP contribution in [0.5, 0.6) is 5.75 Å². The van der Waals surface area contributed by atoms with Crippen molar-refractivity contribution in [2.24, 2.45) is 0 Å². The molecule has 3 N–H and O–H groups in total. The van der Waals surface area contributed by atoms with Crippen LogP contribution in [0.4, 0.5) is 10.2 Å². The number of hydrogen-bond acceptors (Lipinski definition) is 7. The summed E-state index contributed by atoms with van der Waals surface area (Å²) in [5, 5.41) is 21.2. The van der Waals surface area contributed by atoms with Crippen LogP contribution in [0.25, 0.3) is 32.8 Å². The molecule has 0 bridgehead atoms. The molecule has 0 radical (unpaired) electrons. The Hall–Kier alpha value is -3.53. The summed E-state index contributed by atoms with van der Waals surface area (Å²) in [6, 6.07) is 12.2. The van der Waals surface area contributed by atoms with Crippen LogP contribution in [0.1, 0.15) is 6.42 Å². The van der Waals surface area contributed by atoms with Gasteiger partial charge in [0.25, 0.3) is 0 Å². The molecule has 1 saturated heterocycles. The summed E-state index contributed by atoms with van der Waals surface area (Å²) in [7, 11) is 0. The number of aromatic nitrogens is 2. The molecule has 1 aliphatic heterocycles. The third-order valence-electron chi connectivity index (χ3n) is 6.37. The molecule has 180 valence electrons. The fourth-order valence-corrected chi connectivity index (χ4v) is 4.91. The van der Waals surface area contributed by atoms with Crippen molar-refractivity contribution in [1.82, 2.24) is 20.3 Å². The first-order chi connectivity index (χ1) is 17.0. The Morgan fingerprint density at radius 2 is 1.86 bits per heavy atom. The van der Waals surface area contributed by atoms with Gasteiger partial charge in [-0.25, -0.2) is 19.8 Å². The minimum Gasteiger partial charge on any atom is -0.508 e. The van der Waals surface area contributed by atoms with Gasteiger partial charge in [0.15, 0.2) is 5.82 Å². The normalized spacial score (nSPS) is 14.5. The number of piperazine rings is 1. The standard InChI is InChI=1S/C25H23ClFN5O3/c26-20-13-19-24(23(27)22(20)18-12-16(33)11-15-3-1-2-4-17(15)18)28-14-29-25(19)32-9-7-31(8-10-32)6-5-21(34)30-35/h1-4,11-14,33,35H,5-10H2,(H,30,34). The van der Waals surface area contributed by atoms with E-state index in [1.807, 2.05) is 29.2 Å². The zero-order valence-corrected chi connectivity index (χ0v) is 19.5. The summed E-state index contributed by atoms with van der Waals surface area (Å²) in [6.07, 6.45) is 1.55. The number of carbonyl (C=O) groups excluding carboxylic acids is 1. The lowest BCUT2D eigenvalue weighted by atomic mass is 9.96. The van der Waals surface area contributed by atoms with Gasteiger partial charge < -0.3 is 10.0 Å². The maximum Gasteiger partial charge on any atom is 0.244 e. The predicted molar refractivity (Wildman–Crippen MR) is 132 cm³/mol. The van der Waals surface area contributed by atoms with E-state index in [2.05, 4.69) is 14.9 Å². The van der Waals surface area contributed by atoms with Crippen LogP contribution in [0.15, 0.2) is 48.8 Å². The van der Waals surface area contributed by atoms with E-state index in [9.17, 15) is 9.90 Å². The highest BCUT2D eigenvalue weighted by Gasteiger charge is 2.24. The van der Waals surface area contributed by atoms with Crippen LogP contribution in [0.3, 0.4) is 0 Å². The van der Waals surface area contributed by atoms with E-state index < -0.39 is 11.7 Å². The number of rotatable bonds is 5. The molecule has 5 rings (SSSR count). The monoisotopic (exact) mass is 495 g/mol. The molecule has 1 amide bonds. The van der Waals surface area contributed by atoms with Gasteiger partial charge in [0.1, 0.15) is 23.4 Å². The molecular weight excluding hydrogens is 473 g/mol. The molecule has 0 aliphatic carbocycles. The largest absolute Gasteiger partial charge is 0.508 e. The van der Waals surface area contributed by atoms with Gasteiger partial charge in [-0.1, -0.05) is 35.9 Å². The second-order valence-electron chi connectivity index (χ2n) is 8.47. The quantitative estimate of drug-likeness (QED) is 0.284. The molecule has 0 atom stereocenters. The summed E-state index contributed by atoms with van der Waals surface area (Å²) in [5.41, 5.74) is 2.48. The number of carbonyl (C=O) groups is 1. The van der Waals surface area contributed by atoms with Gasteiger partial charge in [-0.15, -0.1) is 0 Å². The number of hydrogen-bond donors (Lipinski definition) is 3. The van der Waals surface area contributed by atoms with Gasteiger partial charge in [0, 0.05) is 50.1 Å². The molecule has 1 fully saturated rings. The van der Waals surface area contributed by atoms with Crippen molar-refractivity contribution in [2.45, 2.75) is 6.42 Å². The molecule has 0 unspecified atom stereocenters. The van der Waals surface area contributed by atoms with Gasteiger partial charge in [0.2, 0.25) is 5.91 Å². The summed E-state index contributed by atoms with van der Waals surface area (Å²) >= 11 is 6.65. The lowest BCUT2D eigenvalue weighted by Gasteiger charge is -2.35. The first kappa shape index (κ1) is 23.2. The number of halogens is 2. The number of nitrogens with one attached hydrogen (secondary N) is 1. The second-order valence-corrected chi connectivity index (χ2v) is 8.88. The Kier molecular flexibility index (Phi) is 6.38. The minimum atomic E-state index is -0.569. The van der Waals surface area contributed by atoms with E-state index in [1.165, 1.54) is 12.4 Å². The lowest BCUT2D eigenvalue weighted by molar-refractivity contribution is -0.129. The molecule has 8 nitrogen and oxygen atoms in total.